The fourth-order valence-electron chi connectivity index (χ4n) is 6.42. The van der Waals surface area contributed by atoms with Crippen molar-refractivity contribution in [2.45, 2.75) is 59.0 Å². The highest BCUT2D eigenvalue weighted by Gasteiger charge is 2.27. The van der Waals surface area contributed by atoms with Crippen LogP contribution in [0.3, 0.4) is 0 Å². The summed E-state index contributed by atoms with van der Waals surface area (Å²) in [5.74, 6) is 3.61. The predicted molar refractivity (Wildman–Crippen MR) is 197 cm³/mol. The van der Waals surface area contributed by atoms with Crippen LogP contribution in [0.15, 0.2) is 42.5 Å². The zero-order chi connectivity index (χ0) is 35.2. The molecule has 2 aromatic carbocycles. The summed E-state index contributed by atoms with van der Waals surface area (Å²) in [6, 6.07) is 8.61. The molecule has 48 heavy (non-hydrogen) atoms. The number of hydrazine groups is 1. The number of unbranched alkanes of at least 4 members (excludes halogenated alkanes) is 1. The van der Waals surface area contributed by atoms with Crippen molar-refractivity contribution in [2.75, 3.05) is 88.4 Å². The van der Waals surface area contributed by atoms with Crippen molar-refractivity contribution in [1.82, 2.24) is 25.6 Å². The monoisotopic (exact) mass is 667 g/mol. The van der Waals surface area contributed by atoms with Crippen molar-refractivity contribution in [2.24, 2.45) is 0 Å². The molecular weight excluding hydrogens is 606 g/mol. The maximum absolute atomic E-state index is 5.65. The Bertz CT molecular complexity index is 1290. The average Bonchev–Trinajstić information content (AvgIpc) is 3.48. The summed E-state index contributed by atoms with van der Waals surface area (Å²) in [5.41, 5.74) is 9.16. The van der Waals surface area contributed by atoms with E-state index in [1.54, 1.807) is 35.5 Å². The number of methoxy groups -OCH3 is 5. The number of benzene rings is 2. The first kappa shape index (κ1) is 39.0. The molecule has 0 aliphatic carbocycles. The number of hydrogen-bond donors (Lipinski definition) is 2. The maximum atomic E-state index is 5.65. The lowest BCUT2D eigenvalue weighted by Crippen LogP contribution is -2.50. The third-order valence-electron chi connectivity index (χ3n) is 9.00. The van der Waals surface area contributed by atoms with Crippen LogP contribution >= 0.6 is 0 Å². The standard InChI is InChI=1S/C36H55N5O5.C2H6/c1-10-11-12-37-30(27-18-34(44-7)36(46-9)35(19-27)45-8)17-25(2)23-40-13-15-41(16-14-40)24-29-22-31(39(4)38-29)28-20-32(42-5)26(3)33(21-28)43-6;1-2/h18-22,29-30,37-38H,2,10-17,23-24H2,1,3-9H3;1-2H3. The van der Waals surface area contributed by atoms with Crippen LogP contribution in [0.5, 0.6) is 28.7 Å². The number of piperazine rings is 1. The van der Waals surface area contributed by atoms with Gasteiger partial charge in [-0.15, -0.1) is 0 Å². The minimum absolute atomic E-state index is 0.105. The lowest BCUT2D eigenvalue weighted by atomic mass is 9.97. The van der Waals surface area contributed by atoms with E-state index in [0.717, 1.165) is 99.0 Å². The van der Waals surface area contributed by atoms with Gasteiger partial charge in [0.25, 0.3) is 0 Å². The molecule has 2 aliphatic heterocycles. The summed E-state index contributed by atoms with van der Waals surface area (Å²) in [7, 11) is 10.4. The van der Waals surface area contributed by atoms with Crippen LogP contribution < -0.4 is 34.4 Å². The molecule has 4 rings (SSSR count). The van der Waals surface area contributed by atoms with E-state index in [0.29, 0.717) is 17.2 Å². The first-order valence-electron chi connectivity index (χ1n) is 17.3. The van der Waals surface area contributed by atoms with Crippen LogP contribution in [0.1, 0.15) is 62.8 Å². The largest absolute Gasteiger partial charge is 0.496 e. The average molecular weight is 668 g/mol. The Labute approximate surface area is 290 Å². The fourth-order valence-corrected chi connectivity index (χ4v) is 6.42. The van der Waals surface area contributed by atoms with Gasteiger partial charge in [0.15, 0.2) is 11.5 Å². The molecule has 2 aromatic rings. The van der Waals surface area contributed by atoms with Gasteiger partial charge in [0.1, 0.15) is 11.5 Å². The van der Waals surface area contributed by atoms with Gasteiger partial charge in [0.05, 0.1) is 47.3 Å². The smallest absolute Gasteiger partial charge is 0.203 e. The molecular formula is C38H61N5O5. The Balaban J connectivity index is 0.00000307. The maximum Gasteiger partial charge on any atom is 0.203 e. The van der Waals surface area contributed by atoms with Gasteiger partial charge >= 0.3 is 0 Å². The zero-order valence-electron chi connectivity index (χ0n) is 31.2. The van der Waals surface area contributed by atoms with Gasteiger partial charge in [-0.25, -0.2) is 5.43 Å². The molecule has 10 nitrogen and oxygen atoms in total. The first-order valence-corrected chi connectivity index (χ1v) is 17.3. The van der Waals surface area contributed by atoms with Crippen molar-refractivity contribution in [3.63, 3.8) is 0 Å². The topological polar surface area (TPSA) is 79.9 Å². The second-order valence-electron chi connectivity index (χ2n) is 12.2. The van der Waals surface area contributed by atoms with E-state index in [2.05, 4.69) is 76.4 Å². The molecule has 2 unspecified atom stereocenters. The quantitative estimate of drug-likeness (QED) is 0.157. The molecule has 0 saturated carbocycles. The number of ether oxygens (including phenoxy) is 5. The van der Waals surface area contributed by atoms with Crippen molar-refractivity contribution in [3.8, 4) is 28.7 Å². The molecule has 0 radical (unpaired) electrons. The highest BCUT2D eigenvalue weighted by atomic mass is 16.5. The molecule has 0 amide bonds. The van der Waals surface area contributed by atoms with Gasteiger partial charge in [-0.1, -0.05) is 39.3 Å². The van der Waals surface area contributed by atoms with Gasteiger partial charge in [-0.05, 0) is 62.2 Å². The van der Waals surface area contributed by atoms with Crippen LogP contribution in [0.4, 0.5) is 0 Å². The number of hydrogen-bond acceptors (Lipinski definition) is 10. The minimum Gasteiger partial charge on any atom is -0.496 e. The summed E-state index contributed by atoms with van der Waals surface area (Å²) in [4.78, 5) is 5.07. The summed E-state index contributed by atoms with van der Waals surface area (Å²) >= 11 is 0. The molecule has 10 heteroatoms. The van der Waals surface area contributed by atoms with Gasteiger partial charge in [0.2, 0.25) is 5.75 Å². The van der Waals surface area contributed by atoms with Crippen molar-refractivity contribution in [1.29, 1.82) is 0 Å². The van der Waals surface area contributed by atoms with Gasteiger partial charge in [0, 0.05) is 63.5 Å². The molecule has 0 spiro atoms. The molecule has 2 heterocycles. The van der Waals surface area contributed by atoms with Crippen molar-refractivity contribution >= 4 is 5.70 Å². The van der Waals surface area contributed by atoms with Crippen LogP contribution in [0.2, 0.25) is 0 Å². The van der Waals surface area contributed by atoms with Crippen LogP contribution in [-0.4, -0.2) is 109 Å². The number of nitrogens with one attached hydrogen (secondary N) is 2. The number of rotatable bonds is 17. The van der Waals surface area contributed by atoms with Gasteiger partial charge < -0.3 is 34.0 Å². The van der Waals surface area contributed by atoms with Gasteiger partial charge in [-0.3, -0.25) is 9.80 Å². The molecule has 0 bridgehead atoms. The SMILES string of the molecule is C=C(CC(NCCCC)c1cc(OC)c(OC)c(OC)c1)CN1CCN(CC2C=C(c3cc(OC)c(C)c(OC)c3)N(C)N2)CC1.CC. The van der Waals surface area contributed by atoms with E-state index in [4.69, 9.17) is 23.7 Å². The van der Waals surface area contributed by atoms with E-state index in [1.165, 1.54) is 5.57 Å². The normalized spacial score (nSPS) is 17.2. The Hall–Kier alpha value is -3.44. The third kappa shape index (κ3) is 10.0. The molecule has 0 aromatic heterocycles. The highest BCUT2D eigenvalue weighted by Crippen LogP contribution is 2.40. The molecule has 1 saturated heterocycles. The Morgan fingerprint density at radius 2 is 1.44 bits per heavy atom. The van der Waals surface area contributed by atoms with E-state index >= 15 is 0 Å². The minimum atomic E-state index is 0.105. The second kappa shape index (κ2) is 19.5. The molecule has 1 fully saturated rings. The summed E-state index contributed by atoms with van der Waals surface area (Å²) in [5, 5.41) is 5.86. The van der Waals surface area contributed by atoms with Crippen molar-refractivity contribution in [3.05, 3.63) is 59.2 Å². The van der Waals surface area contributed by atoms with E-state index in [1.807, 2.05) is 20.8 Å². The summed E-state index contributed by atoms with van der Waals surface area (Å²) < 4.78 is 28.1. The van der Waals surface area contributed by atoms with Gasteiger partial charge in [-0.2, -0.15) is 0 Å². The third-order valence-corrected chi connectivity index (χ3v) is 9.00. The second-order valence-corrected chi connectivity index (χ2v) is 12.2. The molecule has 2 N–H and O–H groups in total. The predicted octanol–water partition coefficient (Wildman–Crippen LogP) is 5.92. The first-order chi connectivity index (χ1) is 23.2. The summed E-state index contributed by atoms with van der Waals surface area (Å²) in [6.45, 7) is 19.6. The molecule has 2 atom stereocenters. The molecule has 268 valence electrons. The van der Waals surface area contributed by atoms with Crippen LogP contribution in [0, 0.1) is 6.92 Å². The fraction of sp³-hybridized carbons (Fsp3) is 0.579. The van der Waals surface area contributed by atoms with E-state index in [-0.39, 0.29) is 12.1 Å². The van der Waals surface area contributed by atoms with E-state index < -0.39 is 0 Å². The van der Waals surface area contributed by atoms with Crippen LogP contribution in [0.25, 0.3) is 5.70 Å². The van der Waals surface area contributed by atoms with Crippen LogP contribution in [-0.2, 0) is 0 Å². The lowest BCUT2D eigenvalue weighted by Gasteiger charge is -2.36. The highest BCUT2D eigenvalue weighted by molar-refractivity contribution is 5.70. The number of nitrogens with zero attached hydrogens (tertiary/aromatic N) is 3. The Kier molecular flexibility index (Phi) is 15.9. The lowest BCUT2D eigenvalue weighted by molar-refractivity contribution is 0.129. The van der Waals surface area contributed by atoms with E-state index in [9.17, 15) is 0 Å². The van der Waals surface area contributed by atoms with Crippen molar-refractivity contribution < 1.29 is 23.7 Å². The summed E-state index contributed by atoms with van der Waals surface area (Å²) in [6.07, 6.45) is 5.40. The molecule has 2 aliphatic rings. The Morgan fingerprint density at radius 1 is 0.875 bits per heavy atom. The zero-order valence-corrected chi connectivity index (χ0v) is 31.2. The Morgan fingerprint density at radius 3 is 1.96 bits per heavy atom.